The Bertz CT molecular complexity index is 765. The Morgan fingerprint density at radius 1 is 1.32 bits per heavy atom. The Kier molecular flexibility index (Phi) is 5.99. The van der Waals surface area contributed by atoms with Crippen molar-refractivity contribution in [1.29, 1.82) is 0 Å². The lowest BCUT2D eigenvalue weighted by Gasteiger charge is -2.27. The highest BCUT2D eigenvalue weighted by Gasteiger charge is 2.26. The highest BCUT2D eigenvalue weighted by molar-refractivity contribution is 8.00. The summed E-state index contributed by atoms with van der Waals surface area (Å²) in [7, 11) is 0. The van der Waals surface area contributed by atoms with Crippen LogP contribution in [-0.4, -0.2) is 41.9 Å². The molecule has 1 aromatic heterocycles. The van der Waals surface area contributed by atoms with Crippen molar-refractivity contribution in [3.05, 3.63) is 48.2 Å². The smallest absolute Gasteiger partial charge is 0.240 e. The average molecular weight is 374 g/mol. The normalized spacial score (nSPS) is 13.5. The predicted octanol–water partition coefficient (Wildman–Crippen LogP) is 2.60. The number of hydrogen-bond acceptors (Lipinski definition) is 5. The maximum atomic E-state index is 12.2. The SMILES string of the molecule is CSc1ccc(CCNC(=O)CN2C(=O)CSc3ncccc32)cc1. The highest BCUT2D eigenvalue weighted by Crippen LogP contribution is 2.32. The molecule has 1 aromatic carbocycles. The van der Waals surface area contributed by atoms with Crippen LogP contribution in [0.5, 0.6) is 0 Å². The molecule has 0 saturated heterocycles. The molecule has 0 aliphatic carbocycles. The number of fused-ring (bicyclic) bond motifs is 1. The van der Waals surface area contributed by atoms with Crippen LogP contribution in [0.4, 0.5) is 5.69 Å². The molecule has 7 heteroatoms. The molecule has 1 aliphatic rings. The Morgan fingerprint density at radius 2 is 2.12 bits per heavy atom. The predicted molar refractivity (Wildman–Crippen MR) is 102 cm³/mol. The molecular weight excluding hydrogens is 354 g/mol. The van der Waals surface area contributed by atoms with Crippen LogP contribution < -0.4 is 10.2 Å². The van der Waals surface area contributed by atoms with E-state index in [9.17, 15) is 9.59 Å². The molecular formula is C18H19N3O2S2. The molecule has 5 nitrogen and oxygen atoms in total. The first-order valence-corrected chi connectivity index (χ1v) is 10.2. The van der Waals surface area contributed by atoms with Crippen molar-refractivity contribution in [3.8, 4) is 0 Å². The summed E-state index contributed by atoms with van der Waals surface area (Å²) in [5, 5.41) is 3.69. The molecule has 25 heavy (non-hydrogen) atoms. The lowest BCUT2D eigenvalue weighted by Crippen LogP contribution is -2.43. The zero-order valence-corrected chi connectivity index (χ0v) is 15.5. The third kappa shape index (κ3) is 4.55. The third-order valence-electron chi connectivity index (χ3n) is 3.87. The van der Waals surface area contributed by atoms with Crippen LogP contribution in [0.15, 0.2) is 52.5 Å². The van der Waals surface area contributed by atoms with Crippen molar-refractivity contribution in [1.82, 2.24) is 10.3 Å². The van der Waals surface area contributed by atoms with Gasteiger partial charge in [-0.2, -0.15) is 0 Å². The van der Waals surface area contributed by atoms with Gasteiger partial charge in [-0.3, -0.25) is 14.5 Å². The van der Waals surface area contributed by atoms with Crippen molar-refractivity contribution < 1.29 is 9.59 Å². The molecule has 1 aliphatic heterocycles. The van der Waals surface area contributed by atoms with E-state index < -0.39 is 0 Å². The number of nitrogens with one attached hydrogen (secondary N) is 1. The fourth-order valence-electron chi connectivity index (χ4n) is 2.55. The molecule has 130 valence electrons. The molecule has 2 amide bonds. The lowest BCUT2D eigenvalue weighted by atomic mass is 10.1. The van der Waals surface area contributed by atoms with Gasteiger partial charge >= 0.3 is 0 Å². The number of carbonyl (C=O) groups excluding carboxylic acids is 2. The summed E-state index contributed by atoms with van der Waals surface area (Å²) in [6.45, 7) is 0.581. The van der Waals surface area contributed by atoms with Gasteiger partial charge in [0.25, 0.3) is 0 Å². The molecule has 0 spiro atoms. The molecule has 0 fully saturated rings. The molecule has 2 heterocycles. The Balaban J connectivity index is 1.53. The van der Waals surface area contributed by atoms with Gasteiger partial charge in [-0.15, -0.1) is 11.8 Å². The number of rotatable bonds is 6. The summed E-state index contributed by atoms with van der Waals surface area (Å²) in [6, 6.07) is 11.9. The number of hydrogen-bond donors (Lipinski definition) is 1. The fraction of sp³-hybridized carbons (Fsp3) is 0.278. The van der Waals surface area contributed by atoms with Crippen LogP contribution in [-0.2, 0) is 16.0 Å². The number of carbonyl (C=O) groups is 2. The standard InChI is InChI=1S/C18H19N3O2S2/c1-24-14-6-4-13(5-7-14)8-10-19-16(22)11-21-15-3-2-9-20-18(15)25-12-17(21)23/h2-7,9H,8,10-12H2,1H3,(H,19,22). The minimum Gasteiger partial charge on any atom is -0.354 e. The van der Waals surface area contributed by atoms with E-state index in [-0.39, 0.29) is 18.4 Å². The van der Waals surface area contributed by atoms with Crippen molar-refractivity contribution in [2.75, 3.05) is 30.0 Å². The van der Waals surface area contributed by atoms with Gasteiger partial charge in [-0.1, -0.05) is 23.9 Å². The average Bonchev–Trinajstić information content (AvgIpc) is 2.65. The summed E-state index contributed by atoms with van der Waals surface area (Å²) < 4.78 is 0. The summed E-state index contributed by atoms with van der Waals surface area (Å²) >= 11 is 3.12. The van der Waals surface area contributed by atoms with Gasteiger partial charge in [-0.25, -0.2) is 4.98 Å². The number of amides is 2. The van der Waals surface area contributed by atoms with E-state index in [1.54, 1.807) is 24.0 Å². The topological polar surface area (TPSA) is 62.3 Å². The van der Waals surface area contributed by atoms with E-state index in [2.05, 4.69) is 34.6 Å². The molecule has 2 aromatic rings. The molecule has 1 N–H and O–H groups in total. The first-order valence-electron chi connectivity index (χ1n) is 7.95. The van der Waals surface area contributed by atoms with E-state index in [1.807, 2.05) is 12.3 Å². The molecule has 0 bridgehead atoms. The van der Waals surface area contributed by atoms with Crippen LogP contribution in [0.3, 0.4) is 0 Å². The summed E-state index contributed by atoms with van der Waals surface area (Å²) in [5.41, 5.74) is 1.89. The number of benzene rings is 1. The zero-order chi connectivity index (χ0) is 17.6. The fourth-order valence-corrected chi connectivity index (χ4v) is 3.84. The monoisotopic (exact) mass is 373 g/mol. The van der Waals surface area contributed by atoms with Gasteiger partial charge in [0.1, 0.15) is 11.6 Å². The minimum absolute atomic E-state index is 0.0312. The van der Waals surface area contributed by atoms with Gasteiger partial charge in [-0.05, 0) is 42.5 Å². The Hall–Kier alpha value is -1.99. The maximum absolute atomic E-state index is 12.2. The lowest BCUT2D eigenvalue weighted by molar-refractivity contribution is -0.122. The maximum Gasteiger partial charge on any atom is 0.240 e. The van der Waals surface area contributed by atoms with Crippen LogP contribution in [0.2, 0.25) is 0 Å². The molecule has 0 radical (unpaired) electrons. The second-order valence-corrected chi connectivity index (χ2v) is 7.39. The summed E-state index contributed by atoms with van der Waals surface area (Å²) in [4.78, 5) is 31.4. The Labute approximate surface area is 155 Å². The van der Waals surface area contributed by atoms with Crippen LogP contribution in [0.25, 0.3) is 0 Å². The summed E-state index contributed by atoms with van der Waals surface area (Å²) in [6.07, 6.45) is 4.51. The van der Waals surface area contributed by atoms with E-state index in [1.165, 1.54) is 27.1 Å². The largest absolute Gasteiger partial charge is 0.354 e. The molecule has 3 rings (SSSR count). The van der Waals surface area contributed by atoms with Gasteiger partial charge < -0.3 is 5.32 Å². The van der Waals surface area contributed by atoms with Crippen molar-refractivity contribution in [2.45, 2.75) is 16.3 Å². The first-order chi connectivity index (χ1) is 12.2. The number of pyridine rings is 1. The van der Waals surface area contributed by atoms with Crippen LogP contribution in [0, 0.1) is 0 Å². The quantitative estimate of drug-likeness (QED) is 0.789. The molecule has 0 atom stereocenters. The van der Waals surface area contributed by atoms with E-state index >= 15 is 0 Å². The van der Waals surface area contributed by atoms with E-state index in [0.29, 0.717) is 18.0 Å². The minimum atomic E-state index is -0.157. The summed E-state index contributed by atoms with van der Waals surface area (Å²) in [5.74, 6) is 0.100. The van der Waals surface area contributed by atoms with Crippen molar-refractivity contribution in [2.24, 2.45) is 0 Å². The van der Waals surface area contributed by atoms with Gasteiger partial charge in [0.15, 0.2) is 0 Å². The zero-order valence-electron chi connectivity index (χ0n) is 13.9. The molecule has 0 saturated carbocycles. The second-order valence-electron chi connectivity index (χ2n) is 5.54. The van der Waals surface area contributed by atoms with Crippen molar-refractivity contribution >= 4 is 41.0 Å². The number of thioether (sulfide) groups is 2. The Morgan fingerprint density at radius 3 is 2.88 bits per heavy atom. The first kappa shape index (κ1) is 17.8. The number of aromatic nitrogens is 1. The third-order valence-corrected chi connectivity index (χ3v) is 5.59. The van der Waals surface area contributed by atoms with Gasteiger partial charge in [0.2, 0.25) is 11.8 Å². The van der Waals surface area contributed by atoms with Gasteiger partial charge in [0.05, 0.1) is 11.4 Å². The molecule has 0 unspecified atom stereocenters. The van der Waals surface area contributed by atoms with Gasteiger partial charge in [0, 0.05) is 17.6 Å². The van der Waals surface area contributed by atoms with Crippen LogP contribution >= 0.6 is 23.5 Å². The second kappa shape index (κ2) is 8.40. The van der Waals surface area contributed by atoms with E-state index in [4.69, 9.17) is 0 Å². The number of nitrogens with zero attached hydrogens (tertiary/aromatic N) is 2. The van der Waals surface area contributed by atoms with E-state index in [0.717, 1.165) is 11.4 Å². The van der Waals surface area contributed by atoms with Crippen LogP contribution in [0.1, 0.15) is 5.56 Å². The highest BCUT2D eigenvalue weighted by atomic mass is 32.2. The van der Waals surface area contributed by atoms with Crippen molar-refractivity contribution in [3.63, 3.8) is 0 Å². The number of anilines is 1.